The van der Waals surface area contributed by atoms with Gasteiger partial charge in [-0.15, -0.1) is 0 Å². The summed E-state index contributed by atoms with van der Waals surface area (Å²) in [4.78, 5) is 58.7. The fourth-order valence-corrected chi connectivity index (χ4v) is 11.8. The zero-order chi connectivity index (χ0) is 75.2. The van der Waals surface area contributed by atoms with Gasteiger partial charge in [-0.25, -0.2) is 9.13 Å². The zero-order valence-electron chi connectivity index (χ0n) is 64.2. The molecule has 18 heteroatoms. The van der Waals surface area contributed by atoms with Crippen molar-refractivity contribution >= 4 is 33.6 Å². The summed E-state index contributed by atoms with van der Waals surface area (Å²) < 4.78 is 61.1. The number of hydrogen-bond donors (Lipinski definition) is 4. The first-order valence-corrected chi connectivity index (χ1v) is 42.8. The lowest BCUT2D eigenvalue weighted by Gasteiger charge is -2.21. The molecule has 0 amide bonds. The van der Waals surface area contributed by atoms with Gasteiger partial charge in [0.2, 0.25) is 0 Å². The average Bonchev–Trinajstić information content (AvgIpc) is 0.917. The molecule has 0 spiro atoms. The van der Waals surface area contributed by atoms with Crippen molar-refractivity contribution < 1.29 is 75.8 Å². The fourth-order valence-electron chi connectivity index (χ4n) is 10.2. The normalized spacial score (nSPS) is 14.8. The maximum absolute atomic E-state index is 13.0. The minimum absolute atomic E-state index is 0.0780. The largest absolute Gasteiger partial charge is 0.472 e. The van der Waals surface area contributed by atoms with Crippen LogP contribution in [0.5, 0.6) is 0 Å². The van der Waals surface area contributed by atoms with E-state index in [-0.39, 0.29) is 19.3 Å². The number of aliphatic hydroxyl groups excluding tert-OH is 2. The highest BCUT2D eigenvalue weighted by Crippen LogP contribution is 2.45. The summed E-state index contributed by atoms with van der Waals surface area (Å²) in [7, 11) is -9.81. The fraction of sp³-hybridized carbons (Fsp3) is 0.659. The summed E-state index contributed by atoms with van der Waals surface area (Å²) in [6.07, 6.45) is 95.7. The highest BCUT2D eigenvalue weighted by Gasteiger charge is 2.29. The van der Waals surface area contributed by atoms with Crippen LogP contribution in [-0.4, -0.2) is 95.9 Å². The molecule has 5 atom stereocenters. The van der Waals surface area contributed by atoms with Crippen LogP contribution in [0.25, 0.3) is 0 Å². The van der Waals surface area contributed by atoms with E-state index in [4.69, 9.17) is 32.3 Å². The lowest BCUT2D eigenvalue weighted by molar-refractivity contribution is -0.161. The molecule has 0 bridgehead atoms. The minimum atomic E-state index is -4.95. The summed E-state index contributed by atoms with van der Waals surface area (Å²) in [5.74, 6) is -1.62. The van der Waals surface area contributed by atoms with Gasteiger partial charge in [0.1, 0.15) is 25.4 Å². The van der Waals surface area contributed by atoms with Crippen LogP contribution in [0, 0.1) is 0 Å². The Hall–Kier alpha value is -4.83. The molecule has 0 aromatic rings. The Kier molecular flexibility index (Phi) is 73.2. The third kappa shape index (κ3) is 78.1. The van der Waals surface area contributed by atoms with Crippen molar-refractivity contribution in [3.63, 3.8) is 0 Å². The number of unbranched alkanes of at least 4 members (excludes halogenated alkanes) is 25. The predicted molar refractivity (Wildman–Crippen MR) is 426 cm³/mol. The van der Waals surface area contributed by atoms with Gasteiger partial charge in [-0.05, 0) is 148 Å². The van der Waals surface area contributed by atoms with Gasteiger partial charge >= 0.3 is 33.6 Å². The van der Waals surface area contributed by atoms with Crippen molar-refractivity contribution in [1.29, 1.82) is 0 Å². The first kappa shape index (κ1) is 98.2. The monoisotopic (exact) mass is 1480 g/mol. The van der Waals surface area contributed by atoms with Crippen molar-refractivity contribution in [2.75, 3.05) is 39.6 Å². The van der Waals surface area contributed by atoms with E-state index in [0.717, 1.165) is 167 Å². The van der Waals surface area contributed by atoms with Crippen LogP contribution >= 0.6 is 15.6 Å². The third-order valence-corrected chi connectivity index (χ3v) is 18.1. The molecular formula is C85H142O16P2. The van der Waals surface area contributed by atoms with Gasteiger partial charge in [0, 0.05) is 19.3 Å². The molecule has 103 heavy (non-hydrogen) atoms. The van der Waals surface area contributed by atoms with E-state index in [1.54, 1.807) is 0 Å². The van der Waals surface area contributed by atoms with Crippen molar-refractivity contribution in [3.05, 3.63) is 158 Å². The number of rotatable bonds is 74. The Morgan fingerprint density at radius 2 is 0.515 bits per heavy atom. The van der Waals surface area contributed by atoms with Gasteiger partial charge in [0.25, 0.3) is 0 Å². The minimum Gasteiger partial charge on any atom is -0.463 e. The second-order valence-corrected chi connectivity index (χ2v) is 29.0. The van der Waals surface area contributed by atoms with E-state index in [2.05, 4.69) is 179 Å². The van der Waals surface area contributed by atoms with Crippen LogP contribution < -0.4 is 0 Å². The highest BCUT2D eigenvalue weighted by molar-refractivity contribution is 7.47. The Morgan fingerprint density at radius 3 is 0.816 bits per heavy atom. The van der Waals surface area contributed by atoms with E-state index in [9.17, 15) is 43.5 Å². The van der Waals surface area contributed by atoms with Gasteiger partial charge in [-0.3, -0.25) is 32.5 Å². The number of phosphoric acid groups is 2. The molecule has 0 aromatic carbocycles. The topological polar surface area (TPSA) is 231 Å². The molecule has 4 N–H and O–H groups in total. The van der Waals surface area contributed by atoms with E-state index in [1.165, 1.54) is 77.0 Å². The van der Waals surface area contributed by atoms with Gasteiger partial charge in [0.05, 0.1) is 26.4 Å². The second kappa shape index (κ2) is 76.8. The number of phosphoric ester groups is 2. The molecule has 5 unspecified atom stereocenters. The molecule has 0 radical (unpaired) electrons. The molecule has 0 aromatic heterocycles. The maximum Gasteiger partial charge on any atom is 0.472 e. The van der Waals surface area contributed by atoms with Gasteiger partial charge in [-0.1, -0.05) is 294 Å². The summed E-state index contributed by atoms with van der Waals surface area (Å²) in [6, 6.07) is 0. The van der Waals surface area contributed by atoms with E-state index < -0.39 is 91.5 Å². The number of aliphatic hydroxyl groups is 2. The third-order valence-electron chi connectivity index (χ3n) is 16.2. The number of hydrogen-bond acceptors (Lipinski definition) is 14. The van der Waals surface area contributed by atoms with Crippen molar-refractivity contribution in [2.45, 2.75) is 322 Å². The number of allylic oxidation sites excluding steroid dienone is 26. The van der Waals surface area contributed by atoms with Crippen LogP contribution in [0.3, 0.4) is 0 Å². The van der Waals surface area contributed by atoms with Crippen LogP contribution in [0.15, 0.2) is 158 Å². The summed E-state index contributed by atoms with van der Waals surface area (Å²) in [5, 5.41) is 20.6. The van der Waals surface area contributed by atoms with Gasteiger partial charge < -0.3 is 34.2 Å². The summed E-state index contributed by atoms with van der Waals surface area (Å²) in [6.45, 7) is 2.38. The number of carbonyl (C=O) groups excluding carboxylic acids is 3. The van der Waals surface area contributed by atoms with Crippen molar-refractivity contribution in [3.8, 4) is 0 Å². The summed E-state index contributed by atoms with van der Waals surface area (Å²) in [5.41, 5.74) is 0. The average molecular weight is 1480 g/mol. The van der Waals surface area contributed by atoms with Crippen LogP contribution in [0.2, 0.25) is 0 Å². The molecule has 0 heterocycles. The Bertz CT molecular complexity index is 2500. The Morgan fingerprint density at radius 1 is 0.282 bits per heavy atom. The molecule has 0 aliphatic carbocycles. The van der Waals surface area contributed by atoms with Crippen LogP contribution in [0.4, 0.5) is 0 Å². The number of esters is 3. The molecule has 0 aliphatic rings. The van der Waals surface area contributed by atoms with Gasteiger partial charge in [-0.2, -0.15) is 0 Å². The van der Waals surface area contributed by atoms with E-state index in [0.29, 0.717) is 19.3 Å². The standard InChI is InChI=1S/C85H142O16P2/c1-4-7-10-13-16-19-22-25-28-30-32-34-36-37-38-39-40-41-43-45-46-48-51-53-56-59-62-65-68-71-83(88)95-74-80(86)75-97-102(91,92)98-76-81(87)77-99-103(93,94)100-79-82(101-85(90)73-70-67-64-61-58-55-50-27-24-21-18-15-12-9-6-3)78-96-84(89)72-69-66-63-60-57-54-52-49-47-44-42-35-33-31-29-26-23-20-17-14-11-8-5-2/h7-8,10-11,16-21,25-29,32-35,37-38,44,47,50,52,54,80-82,86-87H,4-6,9,12-15,22-24,30-31,36,39-43,45-46,48-49,51,53,55-79H2,1-3H3,(H,91,92)(H,93,94)/b10-7-,11-8-,19-16-,20-17-,21-18-,28-25-,29-26-,34-32-,35-33-,38-37-,47-44-,50-27-,54-52-. The summed E-state index contributed by atoms with van der Waals surface area (Å²) >= 11 is 0. The molecule has 0 aliphatic heterocycles. The maximum atomic E-state index is 13.0. The SMILES string of the molecule is CC/C=C\C/C=C\C/C=C\C/C=C\C/C=C\C/C=C\CCCCCCC(=O)OCC(COP(=O)(O)OCC(O)COP(=O)(O)OCC(O)COC(=O)CCCCCCCCCCCCCCC/C=C\C/C=C\C/C=C\C/C=C\C/C=C\CC)OC(=O)CCCCCCC/C=C\C/C=C\CCCCC. The zero-order valence-corrected chi connectivity index (χ0v) is 66.0. The second-order valence-electron chi connectivity index (χ2n) is 26.1. The molecule has 0 saturated carbocycles. The first-order chi connectivity index (χ1) is 50.2. The lowest BCUT2D eigenvalue weighted by atomic mass is 10.0. The van der Waals surface area contributed by atoms with Crippen molar-refractivity contribution in [2.24, 2.45) is 0 Å². The van der Waals surface area contributed by atoms with Crippen LogP contribution in [0.1, 0.15) is 303 Å². The molecule has 0 saturated heterocycles. The Labute approximate surface area is 625 Å². The smallest absolute Gasteiger partial charge is 0.463 e. The lowest BCUT2D eigenvalue weighted by Crippen LogP contribution is -2.30. The molecule has 0 rings (SSSR count). The number of carbonyl (C=O) groups is 3. The van der Waals surface area contributed by atoms with Crippen LogP contribution in [-0.2, 0) is 55.8 Å². The van der Waals surface area contributed by atoms with Gasteiger partial charge in [0.15, 0.2) is 6.10 Å². The molecule has 0 fully saturated rings. The van der Waals surface area contributed by atoms with E-state index >= 15 is 0 Å². The number of ether oxygens (including phenoxy) is 3. The first-order valence-electron chi connectivity index (χ1n) is 39.8. The quantitative estimate of drug-likeness (QED) is 0.0146. The predicted octanol–water partition coefficient (Wildman–Crippen LogP) is 23.4. The Balaban J connectivity index is 4.58. The molecular weight excluding hydrogens is 1340 g/mol. The van der Waals surface area contributed by atoms with Crippen molar-refractivity contribution in [1.82, 2.24) is 0 Å². The molecule has 588 valence electrons. The van der Waals surface area contributed by atoms with E-state index in [1.807, 2.05) is 0 Å². The highest BCUT2D eigenvalue weighted by atomic mass is 31.2. The molecule has 16 nitrogen and oxygen atoms in total.